The van der Waals surface area contributed by atoms with Crippen LogP contribution in [-0.2, 0) is 9.59 Å². The third kappa shape index (κ3) is 5.01. The van der Waals surface area contributed by atoms with Gasteiger partial charge in [0.1, 0.15) is 11.6 Å². The van der Waals surface area contributed by atoms with Gasteiger partial charge in [-0.15, -0.1) is 0 Å². The zero-order valence-electron chi connectivity index (χ0n) is 10.7. The summed E-state index contributed by atoms with van der Waals surface area (Å²) in [6.45, 7) is 0.845. The highest BCUT2D eigenvalue weighted by Crippen LogP contribution is 2.14. The SMILES string of the molecule is CN(C)CCNC(=O)C(=O)Nc1cc(F)ccc1F. The van der Waals surface area contributed by atoms with Crippen molar-refractivity contribution in [1.82, 2.24) is 10.2 Å². The van der Waals surface area contributed by atoms with Crippen LogP contribution in [0.15, 0.2) is 18.2 Å². The molecule has 1 aromatic rings. The number of halogens is 2. The Morgan fingerprint density at radius 1 is 1.21 bits per heavy atom. The predicted molar refractivity (Wildman–Crippen MR) is 66.6 cm³/mol. The highest BCUT2D eigenvalue weighted by molar-refractivity contribution is 6.39. The van der Waals surface area contributed by atoms with Crippen molar-refractivity contribution in [2.24, 2.45) is 0 Å². The summed E-state index contributed by atoms with van der Waals surface area (Å²) < 4.78 is 26.1. The lowest BCUT2D eigenvalue weighted by Crippen LogP contribution is -2.38. The second kappa shape index (κ2) is 6.79. The van der Waals surface area contributed by atoms with Gasteiger partial charge in [0.25, 0.3) is 0 Å². The van der Waals surface area contributed by atoms with Crippen LogP contribution in [0.1, 0.15) is 0 Å². The van der Waals surface area contributed by atoms with Crippen LogP contribution in [0.4, 0.5) is 14.5 Å². The molecule has 104 valence electrons. The van der Waals surface area contributed by atoms with Gasteiger partial charge in [-0.3, -0.25) is 9.59 Å². The van der Waals surface area contributed by atoms with Crippen molar-refractivity contribution in [3.8, 4) is 0 Å². The number of anilines is 1. The second-order valence-corrected chi connectivity index (χ2v) is 4.14. The van der Waals surface area contributed by atoms with Gasteiger partial charge in [-0.25, -0.2) is 8.78 Å². The molecule has 0 aromatic heterocycles. The number of hydrogen-bond donors (Lipinski definition) is 2. The van der Waals surface area contributed by atoms with Crippen molar-refractivity contribution in [3.63, 3.8) is 0 Å². The molecule has 19 heavy (non-hydrogen) atoms. The number of amides is 2. The Hall–Kier alpha value is -2.02. The van der Waals surface area contributed by atoms with E-state index in [1.165, 1.54) is 0 Å². The van der Waals surface area contributed by atoms with Crippen LogP contribution in [0.5, 0.6) is 0 Å². The van der Waals surface area contributed by atoms with E-state index in [0.717, 1.165) is 18.2 Å². The average Bonchev–Trinajstić information content (AvgIpc) is 2.33. The van der Waals surface area contributed by atoms with Gasteiger partial charge in [-0.2, -0.15) is 0 Å². The van der Waals surface area contributed by atoms with Gasteiger partial charge in [0.15, 0.2) is 0 Å². The molecule has 0 bridgehead atoms. The Morgan fingerprint density at radius 3 is 2.53 bits per heavy atom. The smallest absolute Gasteiger partial charge is 0.313 e. The monoisotopic (exact) mass is 271 g/mol. The molecule has 1 rings (SSSR count). The molecule has 5 nitrogen and oxygen atoms in total. The van der Waals surface area contributed by atoms with E-state index in [4.69, 9.17) is 0 Å². The number of nitrogens with one attached hydrogen (secondary N) is 2. The van der Waals surface area contributed by atoms with Crippen LogP contribution >= 0.6 is 0 Å². The van der Waals surface area contributed by atoms with Crippen molar-refractivity contribution in [1.29, 1.82) is 0 Å². The molecule has 0 radical (unpaired) electrons. The summed E-state index contributed by atoms with van der Waals surface area (Å²) in [6.07, 6.45) is 0. The van der Waals surface area contributed by atoms with Crippen LogP contribution in [-0.4, -0.2) is 43.9 Å². The molecule has 0 saturated heterocycles. The summed E-state index contributed by atoms with van der Waals surface area (Å²) >= 11 is 0. The maximum atomic E-state index is 13.2. The van der Waals surface area contributed by atoms with Crippen molar-refractivity contribution in [3.05, 3.63) is 29.8 Å². The lowest BCUT2D eigenvalue weighted by molar-refractivity contribution is -0.136. The highest BCUT2D eigenvalue weighted by atomic mass is 19.1. The van der Waals surface area contributed by atoms with Gasteiger partial charge in [-0.05, 0) is 26.2 Å². The normalized spacial score (nSPS) is 10.4. The molecule has 0 aliphatic heterocycles. The third-order valence-corrected chi connectivity index (χ3v) is 2.23. The van der Waals surface area contributed by atoms with Crippen LogP contribution in [0, 0.1) is 11.6 Å². The number of likely N-dealkylation sites (N-methyl/N-ethyl adjacent to an activating group) is 1. The van der Waals surface area contributed by atoms with E-state index in [1.807, 2.05) is 24.3 Å². The lowest BCUT2D eigenvalue weighted by atomic mass is 10.3. The summed E-state index contributed by atoms with van der Waals surface area (Å²) in [5.41, 5.74) is -0.368. The summed E-state index contributed by atoms with van der Waals surface area (Å²) in [5.74, 6) is -3.45. The quantitative estimate of drug-likeness (QED) is 0.788. The van der Waals surface area contributed by atoms with E-state index in [1.54, 1.807) is 0 Å². The molecule has 0 atom stereocenters. The Labute approximate surface area is 109 Å². The first-order chi connectivity index (χ1) is 8.90. The molecule has 0 aliphatic carbocycles. The van der Waals surface area contributed by atoms with Gasteiger partial charge < -0.3 is 15.5 Å². The first-order valence-electron chi connectivity index (χ1n) is 5.59. The fourth-order valence-corrected chi connectivity index (χ4v) is 1.25. The summed E-state index contributed by atoms with van der Waals surface area (Å²) in [5, 5.41) is 4.37. The van der Waals surface area contributed by atoms with Gasteiger partial charge in [0.2, 0.25) is 0 Å². The van der Waals surface area contributed by atoms with Gasteiger partial charge in [0.05, 0.1) is 5.69 Å². The van der Waals surface area contributed by atoms with Gasteiger partial charge in [0, 0.05) is 19.2 Å². The second-order valence-electron chi connectivity index (χ2n) is 4.14. The minimum absolute atomic E-state index is 0.283. The van der Waals surface area contributed by atoms with Gasteiger partial charge >= 0.3 is 11.8 Å². The topological polar surface area (TPSA) is 61.4 Å². The van der Waals surface area contributed by atoms with Gasteiger partial charge in [-0.1, -0.05) is 0 Å². The van der Waals surface area contributed by atoms with Crippen molar-refractivity contribution >= 4 is 17.5 Å². The van der Waals surface area contributed by atoms with Crippen LogP contribution in [0.2, 0.25) is 0 Å². The fraction of sp³-hybridized carbons (Fsp3) is 0.333. The Bertz CT molecular complexity index is 478. The maximum absolute atomic E-state index is 13.2. The van der Waals surface area contributed by atoms with E-state index in [2.05, 4.69) is 5.32 Å². The predicted octanol–water partition coefficient (Wildman–Crippen LogP) is 0.581. The number of carbonyl (C=O) groups excluding carboxylic acids is 2. The van der Waals surface area contributed by atoms with Crippen molar-refractivity contribution in [2.45, 2.75) is 0 Å². The average molecular weight is 271 g/mol. The number of benzene rings is 1. The maximum Gasteiger partial charge on any atom is 0.313 e. The largest absolute Gasteiger partial charge is 0.347 e. The molecular weight excluding hydrogens is 256 g/mol. The highest BCUT2D eigenvalue weighted by Gasteiger charge is 2.15. The molecular formula is C12H15F2N3O2. The number of hydrogen-bond acceptors (Lipinski definition) is 3. The van der Waals surface area contributed by atoms with Crippen LogP contribution < -0.4 is 10.6 Å². The third-order valence-electron chi connectivity index (χ3n) is 2.23. The number of carbonyl (C=O) groups is 2. The molecule has 7 heteroatoms. The van der Waals surface area contributed by atoms with E-state index in [9.17, 15) is 18.4 Å². The molecule has 0 aliphatic rings. The molecule has 1 aromatic carbocycles. The first-order valence-corrected chi connectivity index (χ1v) is 5.59. The molecule has 0 spiro atoms. The zero-order chi connectivity index (χ0) is 14.4. The van der Waals surface area contributed by atoms with E-state index < -0.39 is 23.4 Å². The summed E-state index contributed by atoms with van der Waals surface area (Å²) in [7, 11) is 3.63. The fourth-order valence-electron chi connectivity index (χ4n) is 1.25. The zero-order valence-corrected chi connectivity index (χ0v) is 10.7. The van der Waals surface area contributed by atoms with Crippen molar-refractivity contribution in [2.75, 3.05) is 32.5 Å². The van der Waals surface area contributed by atoms with Crippen LogP contribution in [0.3, 0.4) is 0 Å². The van der Waals surface area contributed by atoms with Crippen molar-refractivity contribution < 1.29 is 18.4 Å². The van der Waals surface area contributed by atoms with Crippen LogP contribution in [0.25, 0.3) is 0 Å². The lowest BCUT2D eigenvalue weighted by Gasteiger charge is -2.10. The molecule has 0 unspecified atom stereocenters. The Morgan fingerprint density at radius 2 is 1.89 bits per heavy atom. The molecule has 0 heterocycles. The van der Waals surface area contributed by atoms with E-state index in [-0.39, 0.29) is 12.2 Å². The van der Waals surface area contributed by atoms with E-state index in [0.29, 0.717) is 6.54 Å². The molecule has 0 saturated carbocycles. The minimum Gasteiger partial charge on any atom is -0.347 e. The standard InChI is InChI=1S/C12H15F2N3O2/c1-17(2)6-5-15-11(18)12(19)16-10-7-8(13)3-4-9(10)14/h3-4,7H,5-6H2,1-2H3,(H,15,18)(H,16,19). The van der Waals surface area contributed by atoms with E-state index >= 15 is 0 Å². The Kier molecular flexibility index (Phi) is 5.37. The minimum atomic E-state index is -1.04. The summed E-state index contributed by atoms with van der Waals surface area (Å²) in [4.78, 5) is 24.6. The molecule has 0 fully saturated rings. The molecule has 2 amide bonds. The number of rotatable bonds is 4. The Balaban J connectivity index is 2.54. The first kappa shape index (κ1) is 15.0. The summed E-state index contributed by atoms with van der Waals surface area (Å²) in [6, 6.07) is 2.59. The molecule has 2 N–H and O–H groups in total. The number of nitrogens with zero attached hydrogens (tertiary/aromatic N) is 1.